The fourth-order valence-electron chi connectivity index (χ4n) is 3.78. The third kappa shape index (κ3) is 3.21. The van der Waals surface area contributed by atoms with Gasteiger partial charge in [-0.05, 0) is 50.3 Å². The van der Waals surface area contributed by atoms with Crippen molar-refractivity contribution in [2.75, 3.05) is 0 Å². The topological polar surface area (TPSA) is 85.8 Å². The summed E-state index contributed by atoms with van der Waals surface area (Å²) in [5.74, 6) is 2.68. The summed E-state index contributed by atoms with van der Waals surface area (Å²) in [4.78, 5) is 17.1. The second-order valence-corrected chi connectivity index (χ2v) is 7.19. The standard InChI is InChI=1S/C19H23N5O2/c1-11-20-16-7-5-14(10-17(16)24(11)3)19(25)21-15-6-4-13(8-15)9-18-23-22-12(2)26-18/h5,7,10,13,15H,4,6,8-9H2,1-3H3,(H,21,25)/t13-,15+/m1/s1. The second kappa shape index (κ2) is 6.55. The van der Waals surface area contributed by atoms with Gasteiger partial charge in [0, 0.05) is 32.0 Å². The van der Waals surface area contributed by atoms with Gasteiger partial charge in [-0.2, -0.15) is 0 Å². The fraction of sp³-hybridized carbons (Fsp3) is 0.474. The van der Waals surface area contributed by atoms with Crippen molar-refractivity contribution in [3.05, 3.63) is 41.4 Å². The Morgan fingerprint density at radius 3 is 2.92 bits per heavy atom. The second-order valence-electron chi connectivity index (χ2n) is 7.19. The predicted octanol–water partition coefficient (Wildman–Crippen LogP) is 2.71. The Kier molecular flexibility index (Phi) is 4.22. The maximum Gasteiger partial charge on any atom is 0.251 e. The van der Waals surface area contributed by atoms with E-state index in [1.807, 2.05) is 36.7 Å². The number of rotatable bonds is 4. The zero-order chi connectivity index (χ0) is 18.3. The molecule has 26 heavy (non-hydrogen) atoms. The third-order valence-electron chi connectivity index (χ3n) is 5.27. The van der Waals surface area contributed by atoms with Crippen LogP contribution in [0.3, 0.4) is 0 Å². The Morgan fingerprint density at radius 1 is 1.31 bits per heavy atom. The molecule has 1 aliphatic carbocycles. The van der Waals surface area contributed by atoms with Gasteiger partial charge in [-0.15, -0.1) is 10.2 Å². The fourth-order valence-corrected chi connectivity index (χ4v) is 3.78. The number of aryl methyl sites for hydroxylation is 3. The molecule has 3 aromatic rings. The number of aromatic nitrogens is 4. The molecule has 0 spiro atoms. The van der Waals surface area contributed by atoms with Crippen molar-refractivity contribution in [2.45, 2.75) is 45.6 Å². The first kappa shape index (κ1) is 16.8. The Balaban J connectivity index is 1.40. The van der Waals surface area contributed by atoms with E-state index in [-0.39, 0.29) is 11.9 Å². The molecule has 1 saturated carbocycles. The van der Waals surface area contributed by atoms with Gasteiger partial charge in [0.25, 0.3) is 5.91 Å². The van der Waals surface area contributed by atoms with Gasteiger partial charge >= 0.3 is 0 Å². The first-order valence-corrected chi connectivity index (χ1v) is 9.02. The van der Waals surface area contributed by atoms with Crippen LogP contribution >= 0.6 is 0 Å². The van der Waals surface area contributed by atoms with Gasteiger partial charge in [0.2, 0.25) is 11.8 Å². The summed E-state index contributed by atoms with van der Waals surface area (Å²) in [5, 5.41) is 11.1. The third-order valence-corrected chi connectivity index (χ3v) is 5.27. The van der Waals surface area contributed by atoms with Crippen LogP contribution in [-0.2, 0) is 13.5 Å². The molecule has 0 bridgehead atoms. The number of carbonyl (C=O) groups is 1. The molecule has 2 heterocycles. The molecule has 0 aliphatic heterocycles. The van der Waals surface area contributed by atoms with Crippen LogP contribution in [-0.4, -0.2) is 31.7 Å². The van der Waals surface area contributed by atoms with Gasteiger partial charge in [0.1, 0.15) is 5.82 Å². The van der Waals surface area contributed by atoms with Crippen LogP contribution in [0.5, 0.6) is 0 Å². The number of hydrogen-bond donors (Lipinski definition) is 1. The van der Waals surface area contributed by atoms with Crippen LogP contribution in [0, 0.1) is 19.8 Å². The molecule has 1 aliphatic rings. The van der Waals surface area contributed by atoms with Gasteiger partial charge in [-0.3, -0.25) is 4.79 Å². The van der Waals surface area contributed by atoms with E-state index >= 15 is 0 Å². The van der Waals surface area contributed by atoms with E-state index in [1.54, 1.807) is 6.92 Å². The molecule has 1 amide bonds. The van der Waals surface area contributed by atoms with E-state index in [1.165, 1.54) is 0 Å². The highest BCUT2D eigenvalue weighted by Crippen LogP contribution is 2.28. The molecule has 1 aromatic carbocycles. The molecule has 4 rings (SSSR count). The quantitative estimate of drug-likeness (QED) is 0.779. The number of hydrogen-bond acceptors (Lipinski definition) is 5. The average molecular weight is 353 g/mol. The Labute approximate surface area is 151 Å². The SMILES string of the molecule is Cc1nnc(C[C@@H]2CC[C@H](NC(=O)c3ccc4nc(C)n(C)c4c3)C2)o1. The first-order valence-electron chi connectivity index (χ1n) is 9.02. The summed E-state index contributed by atoms with van der Waals surface area (Å²) < 4.78 is 7.47. The minimum atomic E-state index is -0.0231. The number of carbonyl (C=O) groups excluding carboxylic acids is 1. The Hall–Kier alpha value is -2.70. The zero-order valence-electron chi connectivity index (χ0n) is 15.3. The predicted molar refractivity (Wildman–Crippen MR) is 96.8 cm³/mol. The molecule has 7 heteroatoms. The lowest BCUT2D eigenvalue weighted by atomic mass is 10.0. The lowest BCUT2D eigenvalue weighted by Crippen LogP contribution is -2.33. The smallest absolute Gasteiger partial charge is 0.251 e. The van der Waals surface area contributed by atoms with Gasteiger partial charge in [0.05, 0.1) is 11.0 Å². The molecule has 1 N–H and O–H groups in total. The normalized spacial score (nSPS) is 20.0. The van der Waals surface area contributed by atoms with Gasteiger partial charge in [0.15, 0.2) is 0 Å². The van der Waals surface area contributed by atoms with Crippen LogP contribution in [0.2, 0.25) is 0 Å². The van der Waals surface area contributed by atoms with Crippen LogP contribution in [0.1, 0.15) is 47.2 Å². The van der Waals surface area contributed by atoms with E-state index in [0.29, 0.717) is 23.3 Å². The van der Waals surface area contributed by atoms with Crippen molar-refractivity contribution in [3.63, 3.8) is 0 Å². The highest BCUT2D eigenvalue weighted by molar-refractivity contribution is 5.97. The van der Waals surface area contributed by atoms with E-state index in [9.17, 15) is 4.79 Å². The van der Waals surface area contributed by atoms with Crippen LogP contribution in [0.15, 0.2) is 22.6 Å². The number of amides is 1. The maximum atomic E-state index is 12.6. The molecular weight excluding hydrogens is 330 g/mol. The van der Waals surface area contributed by atoms with Crippen molar-refractivity contribution in [2.24, 2.45) is 13.0 Å². The molecular formula is C19H23N5O2. The van der Waals surface area contributed by atoms with Crippen molar-refractivity contribution < 1.29 is 9.21 Å². The molecule has 0 radical (unpaired) electrons. The molecule has 2 aromatic heterocycles. The summed E-state index contributed by atoms with van der Waals surface area (Å²) in [5.41, 5.74) is 2.57. The van der Waals surface area contributed by atoms with Crippen LogP contribution in [0.4, 0.5) is 0 Å². The summed E-state index contributed by atoms with van der Waals surface area (Å²) >= 11 is 0. The zero-order valence-corrected chi connectivity index (χ0v) is 15.3. The lowest BCUT2D eigenvalue weighted by Gasteiger charge is -2.13. The number of fused-ring (bicyclic) bond motifs is 1. The van der Waals surface area contributed by atoms with E-state index in [4.69, 9.17) is 4.42 Å². The Morgan fingerprint density at radius 2 is 2.15 bits per heavy atom. The van der Waals surface area contributed by atoms with Crippen molar-refractivity contribution in [1.29, 1.82) is 0 Å². The summed E-state index contributed by atoms with van der Waals surface area (Å²) in [6.45, 7) is 3.76. The number of imidazole rings is 1. The van der Waals surface area contributed by atoms with E-state index in [0.717, 1.165) is 42.5 Å². The number of nitrogens with zero attached hydrogens (tertiary/aromatic N) is 4. The minimum Gasteiger partial charge on any atom is -0.426 e. The average Bonchev–Trinajstić information content (AvgIpc) is 3.29. The molecule has 2 atom stereocenters. The molecule has 1 fully saturated rings. The van der Waals surface area contributed by atoms with Gasteiger partial charge in [-0.25, -0.2) is 4.98 Å². The maximum absolute atomic E-state index is 12.6. The van der Waals surface area contributed by atoms with Crippen molar-refractivity contribution in [3.8, 4) is 0 Å². The summed E-state index contributed by atoms with van der Waals surface area (Å²) in [7, 11) is 1.97. The first-order chi connectivity index (χ1) is 12.5. The van der Waals surface area contributed by atoms with Gasteiger partial charge < -0.3 is 14.3 Å². The molecule has 136 valence electrons. The van der Waals surface area contributed by atoms with Crippen LogP contribution in [0.25, 0.3) is 11.0 Å². The van der Waals surface area contributed by atoms with Crippen molar-refractivity contribution >= 4 is 16.9 Å². The monoisotopic (exact) mass is 353 g/mol. The van der Waals surface area contributed by atoms with E-state index < -0.39 is 0 Å². The highest BCUT2D eigenvalue weighted by atomic mass is 16.4. The molecule has 7 nitrogen and oxygen atoms in total. The number of benzene rings is 1. The largest absolute Gasteiger partial charge is 0.426 e. The lowest BCUT2D eigenvalue weighted by molar-refractivity contribution is 0.0937. The van der Waals surface area contributed by atoms with E-state index in [2.05, 4.69) is 20.5 Å². The van der Waals surface area contributed by atoms with Crippen molar-refractivity contribution in [1.82, 2.24) is 25.1 Å². The molecule has 0 saturated heterocycles. The summed E-state index contributed by atoms with van der Waals surface area (Å²) in [6.07, 6.45) is 3.77. The minimum absolute atomic E-state index is 0.0231. The molecule has 0 unspecified atom stereocenters. The number of nitrogens with one attached hydrogen (secondary N) is 1. The van der Waals surface area contributed by atoms with Gasteiger partial charge in [-0.1, -0.05) is 0 Å². The van der Waals surface area contributed by atoms with Crippen LogP contribution < -0.4 is 5.32 Å². The highest BCUT2D eigenvalue weighted by Gasteiger charge is 2.27. The summed E-state index contributed by atoms with van der Waals surface area (Å²) in [6, 6.07) is 5.86. The Bertz CT molecular complexity index is 958.